The molecule has 0 saturated heterocycles. The Hall–Kier alpha value is -3.15. The van der Waals surface area contributed by atoms with E-state index in [4.69, 9.17) is 4.98 Å². The molecular weight excluding hydrogens is 412 g/mol. The summed E-state index contributed by atoms with van der Waals surface area (Å²) < 4.78 is 1.68. The van der Waals surface area contributed by atoms with Crippen LogP contribution in [0.4, 0.5) is 4.79 Å². The van der Waals surface area contributed by atoms with E-state index in [0.717, 1.165) is 42.5 Å². The van der Waals surface area contributed by atoms with E-state index in [0.29, 0.717) is 23.3 Å². The Balaban J connectivity index is 1.79. The predicted molar refractivity (Wildman–Crippen MR) is 133 cm³/mol. The number of rotatable bonds is 5. The first kappa shape index (κ1) is 23.0. The number of hydrogen-bond donors (Lipinski definition) is 1. The lowest BCUT2D eigenvalue weighted by molar-refractivity contribution is 0.172. The van der Waals surface area contributed by atoms with Gasteiger partial charge < -0.3 is 10.2 Å². The van der Waals surface area contributed by atoms with Crippen molar-refractivity contribution < 1.29 is 4.79 Å². The molecule has 2 amide bonds. The Morgan fingerprint density at radius 3 is 2.55 bits per heavy atom. The van der Waals surface area contributed by atoms with Gasteiger partial charge in [-0.15, -0.1) is 0 Å². The largest absolute Gasteiger partial charge is 0.335 e. The molecule has 3 aromatic rings. The molecule has 1 heterocycles. The Morgan fingerprint density at radius 2 is 1.85 bits per heavy atom. The maximum atomic E-state index is 13.7. The minimum absolute atomic E-state index is 0.0917. The van der Waals surface area contributed by atoms with Crippen molar-refractivity contribution in [3.05, 3.63) is 69.8 Å². The van der Waals surface area contributed by atoms with Gasteiger partial charge in [0.15, 0.2) is 0 Å². The first-order chi connectivity index (χ1) is 15.9. The van der Waals surface area contributed by atoms with E-state index in [2.05, 4.69) is 12.2 Å². The fraction of sp³-hybridized carbons (Fsp3) is 0.444. The molecule has 0 radical (unpaired) electrons. The molecule has 0 aliphatic heterocycles. The van der Waals surface area contributed by atoms with Crippen molar-refractivity contribution in [3.8, 4) is 5.69 Å². The highest BCUT2D eigenvalue weighted by molar-refractivity contribution is 5.78. The van der Waals surface area contributed by atoms with Crippen molar-refractivity contribution in [2.24, 2.45) is 0 Å². The number of carbonyl (C=O) groups excluding carboxylic acids is 1. The Kier molecular flexibility index (Phi) is 6.82. The molecule has 1 atom stereocenters. The quantitative estimate of drug-likeness (QED) is 0.568. The summed E-state index contributed by atoms with van der Waals surface area (Å²) in [5, 5.41) is 3.79. The number of fused-ring (bicyclic) bond motifs is 1. The van der Waals surface area contributed by atoms with Crippen LogP contribution in [-0.4, -0.2) is 33.1 Å². The fourth-order valence-corrected chi connectivity index (χ4v) is 4.78. The third kappa shape index (κ3) is 4.65. The van der Waals surface area contributed by atoms with Gasteiger partial charge in [0.25, 0.3) is 5.56 Å². The molecule has 1 fully saturated rings. The van der Waals surface area contributed by atoms with Crippen LogP contribution in [0.5, 0.6) is 0 Å². The van der Waals surface area contributed by atoms with Gasteiger partial charge in [-0.25, -0.2) is 9.78 Å². The summed E-state index contributed by atoms with van der Waals surface area (Å²) in [6, 6.07) is 13.2. The number of amides is 2. The Morgan fingerprint density at radius 1 is 1.12 bits per heavy atom. The van der Waals surface area contributed by atoms with Gasteiger partial charge in [-0.05, 0) is 75.9 Å². The number of para-hydroxylation sites is 1. The topological polar surface area (TPSA) is 67.2 Å². The summed E-state index contributed by atoms with van der Waals surface area (Å²) in [7, 11) is 0. The molecule has 1 aromatic heterocycles. The zero-order valence-corrected chi connectivity index (χ0v) is 20.1. The molecule has 1 N–H and O–H groups in total. The maximum absolute atomic E-state index is 13.7. The number of aromatic nitrogens is 2. The molecule has 1 aliphatic carbocycles. The number of benzene rings is 2. The number of urea groups is 1. The van der Waals surface area contributed by atoms with Crippen molar-refractivity contribution in [2.45, 2.75) is 71.9 Å². The zero-order chi connectivity index (χ0) is 23.5. The smallest absolute Gasteiger partial charge is 0.318 e. The van der Waals surface area contributed by atoms with Gasteiger partial charge in [0, 0.05) is 12.6 Å². The average Bonchev–Trinajstić information content (AvgIpc) is 2.82. The number of hydrogen-bond acceptors (Lipinski definition) is 3. The third-order valence-corrected chi connectivity index (χ3v) is 6.93. The summed E-state index contributed by atoms with van der Waals surface area (Å²) in [6.45, 7) is 8.54. The molecule has 0 spiro atoms. The van der Waals surface area contributed by atoms with Gasteiger partial charge >= 0.3 is 6.03 Å². The van der Waals surface area contributed by atoms with E-state index in [1.54, 1.807) is 9.47 Å². The first-order valence-corrected chi connectivity index (χ1v) is 12.1. The van der Waals surface area contributed by atoms with E-state index < -0.39 is 0 Å². The van der Waals surface area contributed by atoms with Crippen LogP contribution in [0.25, 0.3) is 16.6 Å². The number of nitrogens with zero attached hydrogens (tertiary/aromatic N) is 3. The van der Waals surface area contributed by atoms with Crippen LogP contribution in [0.3, 0.4) is 0 Å². The van der Waals surface area contributed by atoms with E-state index in [1.807, 2.05) is 63.2 Å². The van der Waals surface area contributed by atoms with E-state index in [1.165, 1.54) is 6.42 Å². The highest BCUT2D eigenvalue weighted by atomic mass is 16.2. The van der Waals surface area contributed by atoms with Gasteiger partial charge in [0.2, 0.25) is 0 Å². The molecule has 1 unspecified atom stereocenters. The molecule has 1 saturated carbocycles. The molecule has 6 heteroatoms. The van der Waals surface area contributed by atoms with Gasteiger partial charge in [-0.2, -0.15) is 0 Å². The highest BCUT2D eigenvalue weighted by Crippen LogP contribution is 2.25. The van der Waals surface area contributed by atoms with Crippen molar-refractivity contribution >= 4 is 16.9 Å². The van der Waals surface area contributed by atoms with Crippen LogP contribution in [-0.2, 0) is 0 Å². The summed E-state index contributed by atoms with van der Waals surface area (Å²) >= 11 is 0. The fourth-order valence-electron chi connectivity index (χ4n) is 4.78. The lowest BCUT2D eigenvalue weighted by Gasteiger charge is -2.32. The Labute approximate surface area is 195 Å². The third-order valence-electron chi connectivity index (χ3n) is 6.93. The van der Waals surface area contributed by atoms with Gasteiger partial charge in [-0.1, -0.05) is 37.5 Å². The highest BCUT2D eigenvalue weighted by Gasteiger charge is 2.27. The summed E-state index contributed by atoms with van der Waals surface area (Å²) in [4.78, 5) is 33.6. The zero-order valence-electron chi connectivity index (χ0n) is 20.1. The predicted octanol–water partition coefficient (Wildman–Crippen LogP) is 5.43. The van der Waals surface area contributed by atoms with Crippen LogP contribution in [0.1, 0.15) is 68.9 Å². The van der Waals surface area contributed by atoms with Crippen molar-refractivity contribution in [1.29, 1.82) is 0 Å². The van der Waals surface area contributed by atoms with Crippen LogP contribution in [0.15, 0.2) is 47.3 Å². The van der Waals surface area contributed by atoms with Crippen molar-refractivity contribution in [2.75, 3.05) is 6.54 Å². The number of nitrogens with one attached hydrogen (secondary N) is 1. The standard InChI is InChI=1S/C27H34N4O2/c1-5-30(27(33)28-21-11-7-6-8-12-21)20(4)25-29-24-14-10-9-13-23(24)26(32)31(25)22-16-15-18(2)19(3)17-22/h9-10,13-17,20-21H,5-8,11-12H2,1-4H3,(H,28,33). The molecule has 33 heavy (non-hydrogen) atoms. The molecule has 4 rings (SSSR count). The van der Waals surface area contributed by atoms with E-state index in [9.17, 15) is 9.59 Å². The minimum Gasteiger partial charge on any atom is -0.335 e. The summed E-state index contributed by atoms with van der Waals surface area (Å²) in [5.41, 5.74) is 3.57. The number of aryl methyl sites for hydroxylation is 2. The van der Waals surface area contributed by atoms with Crippen molar-refractivity contribution in [3.63, 3.8) is 0 Å². The maximum Gasteiger partial charge on any atom is 0.318 e. The van der Waals surface area contributed by atoms with Gasteiger partial charge in [0.05, 0.1) is 22.6 Å². The summed E-state index contributed by atoms with van der Waals surface area (Å²) in [5.74, 6) is 0.572. The van der Waals surface area contributed by atoms with Gasteiger partial charge in [-0.3, -0.25) is 9.36 Å². The normalized spacial score (nSPS) is 15.4. The second kappa shape index (κ2) is 9.77. The van der Waals surface area contributed by atoms with Crippen LogP contribution in [0, 0.1) is 13.8 Å². The van der Waals surface area contributed by atoms with Gasteiger partial charge in [0.1, 0.15) is 5.82 Å². The van der Waals surface area contributed by atoms with Crippen LogP contribution in [0.2, 0.25) is 0 Å². The molecule has 174 valence electrons. The van der Waals surface area contributed by atoms with E-state index >= 15 is 0 Å². The Bertz CT molecular complexity index is 1210. The SMILES string of the molecule is CCN(C(=O)NC1CCCCC1)C(C)c1nc2ccccc2c(=O)n1-c1ccc(C)c(C)c1. The second-order valence-electron chi connectivity index (χ2n) is 9.14. The molecular formula is C27H34N4O2. The lowest BCUT2D eigenvalue weighted by Crippen LogP contribution is -2.47. The minimum atomic E-state index is -0.377. The van der Waals surface area contributed by atoms with Crippen LogP contribution < -0.4 is 10.9 Å². The molecule has 0 bridgehead atoms. The van der Waals surface area contributed by atoms with Crippen LogP contribution >= 0.6 is 0 Å². The summed E-state index contributed by atoms with van der Waals surface area (Å²) in [6.07, 6.45) is 5.61. The molecule has 2 aromatic carbocycles. The number of carbonyl (C=O) groups is 1. The molecule has 1 aliphatic rings. The average molecular weight is 447 g/mol. The van der Waals surface area contributed by atoms with E-state index in [-0.39, 0.29) is 23.7 Å². The monoisotopic (exact) mass is 446 g/mol. The first-order valence-electron chi connectivity index (χ1n) is 12.1. The lowest BCUT2D eigenvalue weighted by atomic mass is 9.96. The van der Waals surface area contributed by atoms with Crippen molar-refractivity contribution in [1.82, 2.24) is 19.8 Å². The molecule has 6 nitrogen and oxygen atoms in total. The second-order valence-corrected chi connectivity index (χ2v) is 9.14.